The molecule has 1 fully saturated rings. The molecule has 0 N–H and O–H groups in total. The van der Waals surface area contributed by atoms with Gasteiger partial charge in [0.2, 0.25) is 5.88 Å². The topological polar surface area (TPSA) is 56.2 Å². The van der Waals surface area contributed by atoms with Gasteiger partial charge in [0.15, 0.2) is 0 Å². The van der Waals surface area contributed by atoms with Gasteiger partial charge in [-0.15, -0.1) is 0 Å². The summed E-state index contributed by atoms with van der Waals surface area (Å²) in [5, 5.41) is 0. The standard InChI is InChI=1S/C26H36FN3O3/c1-5-9-23(11-10-22(27)6-2)33-25-12-13-28-21(4)24(25)20-29-26(7-3)32-17-8-14-30-15-18-31-19-16-30/h5-7,9,12-13,20H,1,8,10-11,14-19H2,2-4H3/b22-6+,23-9+,26-7+,29-20?. The number of hydrogen-bond acceptors (Lipinski definition) is 6. The summed E-state index contributed by atoms with van der Waals surface area (Å²) in [6.07, 6.45) is 11.7. The first-order valence-electron chi connectivity index (χ1n) is 11.5. The van der Waals surface area contributed by atoms with Gasteiger partial charge in [-0.3, -0.25) is 9.88 Å². The van der Waals surface area contributed by atoms with Gasteiger partial charge in [-0.1, -0.05) is 18.7 Å². The van der Waals surface area contributed by atoms with Crippen molar-refractivity contribution in [2.24, 2.45) is 4.99 Å². The molecule has 0 unspecified atom stereocenters. The molecule has 0 atom stereocenters. The maximum Gasteiger partial charge on any atom is 0.208 e. The minimum Gasteiger partial charge on any atom is -0.478 e. The van der Waals surface area contributed by atoms with Gasteiger partial charge in [-0.2, -0.15) is 0 Å². The number of morpholine rings is 1. The number of aromatic nitrogens is 1. The van der Waals surface area contributed by atoms with E-state index in [1.165, 1.54) is 6.08 Å². The quantitative estimate of drug-likeness (QED) is 0.169. The Labute approximate surface area is 197 Å². The number of halogens is 1. The molecule has 0 aromatic carbocycles. The highest BCUT2D eigenvalue weighted by atomic mass is 19.1. The van der Waals surface area contributed by atoms with Crippen LogP contribution in [-0.2, 0) is 9.47 Å². The molecule has 0 bridgehead atoms. The second-order valence-corrected chi connectivity index (χ2v) is 7.56. The van der Waals surface area contributed by atoms with E-state index in [1.807, 2.05) is 19.9 Å². The molecule has 2 heterocycles. The van der Waals surface area contributed by atoms with Crippen LogP contribution in [0.4, 0.5) is 4.39 Å². The number of allylic oxidation sites excluding steroid dienone is 6. The predicted octanol–water partition coefficient (Wildman–Crippen LogP) is 5.51. The monoisotopic (exact) mass is 457 g/mol. The van der Waals surface area contributed by atoms with Crippen molar-refractivity contribution in [3.05, 3.63) is 71.9 Å². The van der Waals surface area contributed by atoms with E-state index in [9.17, 15) is 4.39 Å². The number of hydrogen-bond donors (Lipinski definition) is 0. The van der Waals surface area contributed by atoms with Crippen molar-refractivity contribution < 1.29 is 18.6 Å². The maximum absolute atomic E-state index is 13.6. The second kappa shape index (κ2) is 15.1. The molecule has 1 aliphatic rings. The van der Waals surface area contributed by atoms with Crippen LogP contribution in [-0.4, -0.2) is 55.6 Å². The number of pyridine rings is 1. The van der Waals surface area contributed by atoms with Crippen LogP contribution >= 0.6 is 0 Å². The Balaban J connectivity index is 2.00. The molecule has 180 valence electrons. The zero-order valence-electron chi connectivity index (χ0n) is 20.1. The maximum atomic E-state index is 13.6. The molecule has 1 aliphatic heterocycles. The van der Waals surface area contributed by atoms with Crippen molar-refractivity contribution in [3.63, 3.8) is 0 Å². The van der Waals surface area contributed by atoms with E-state index in [2.05, 4.69) is 21.5 Å². The Hall–Kier alpha value is -2.77. The summed E-state index contributed by atoms with van der Waals surface area (Å²) in [4.78, 5) is 11.2. The number of ether oxygens (including phenoxy) is 3. The van der Waals surface area contributed by atoms with Crippen molar-refractivity contribution in [3.8, 4) is 5.75 Å². The van der Waals surface area contributed by atoms with Crippen LogP contribution in [0.2, 0.25) is 0 Å². The minimum absolute atomic E-state index is 0.176. The fraction of sp³-hybridized carbons (Fsp3) is 0.462. The van der Waals surface area contributed by atoms with E-state index in [0.717, 1.165) is 50.5 Å². The van der Waals surface area contributed by atoms with Crippen LogP contribution in [0.25, 0.3) is 0 Å². The van der Waals surface area contributed by atoms with Crippen molar-refractivity contribution in [2.45, 2.75) is 40.0 Å². The number of nitrogens with zero attached hydrogens (tertiary/aromatic N) is 3. The summed E-state index contributed by atoms with van der Waals surface area (Å²) >= 11 is 0. The zero-order chi connectivity index (χ0) is 23.9. The SMILES string of the molecule is C=C/C=C(\CC/C(F)=C\C)Oc1ccnc(C)c1C=N/C(=C\C)OCCCN1CCOCC1. The molecule has 0 aliphatic carbocycles. The van der Waals surface area contributed by atoms with Crippen LogP contribution < -0.4 is 4.74 Å². The first-order valence-corrected chi connectivity index (χ1v) is 11.5. The first kappa shape index (κ1) is 26.5. The normalized spacial score (nSPS) is 16.3. The summed E-state index contributed by atoms with van der Waals surface area (Å²) in [6.45, 7) is 14.3. The lowest BCUT2D eigenvalue weighted by atomic mass is 10.2. The largest absolute Gasteiger partial charge is 0.478 e. The van der Waals surface area contributed by atoms with Crippen molar-refractivity contribution in [1.82, 2.24) is 9.88 Å². The van der Waals surface area contributed by atoms with E-state index in [0.29, 0.717) is 30.4 Å². The molecule has 0 radical (unpaired) electrons. The average Bonchev–Trinajstić information content (AvgIpc) is 2.83. The zero-order valence-corrected chi connectivity index (χ0v) is 20.1. The lowest BCUT2D eigenvalue weighted by Crippen LogP contribution is -2.37. The fourth-order valence-corrected chi connectivity index (χ4v) is 3.24. The molecule has 0 amide bonds. The molecule has 2 rings (SSSR count). The number of aryl methyl sites for hydroxylation is 1. The molecule has 0 saturated carbocycles. The molecular formula is C26H36FN3O3. The Bertz CT molecular complexity index is 872. The summed E-state index contributed by atoms with van der Waals surface area (Å²) < 4.78 is 30.9. The minimum atomic E-state index is -0.176. The van der Waals surface area contributed by atoms with Crippen LogP contribution in [0.3, 0.4) is 0 Å². The third kappa shape index (κ3) is 9.72. The summed E-state index contributed by atoms with van der Waals surface area (Å²) in [5.41, 5.74) is 1.52. The van der Waals surface area contributed by atoms with Crippen molar-refractivity contribution in [1.29, 1.82) is 0 Å². The van der Waals surface area contributed by atoms with Gasteiger partial charge in [-0.05, 0) is 45.4 Å². The van der Waals surface area contributed by atoms with E-state index < -0.39 is 0 Å². The third-order valence-electron chi connectivity index (χ3n) is 5.16. The Morgan fingerprint density at radius 3 is 2.76 bits per heavy atom. The van der Waals surface area contributed by atoms with Gasteiger partial charge in [0.25, 0.3) is 0 Å². The number of aliphatic imine (C=N–C) groups is 1. The predicted molar refractivity (Wildman–Crippen MR) is 131 cm³/mol. The van der Waals surface area contributed by atoms with Crippen molar-refractivity contribution in [2.75, 3.05) is 39.5 Å². The van der Waals surface area contributed by atoms with Crippen molar-refractivity contribution >= 4 is 6.21 Å². The van der Waals surface area contributed by atoms with Gasteiger partial charge >= 0.3 is 0 Å². The Morgan fingerprint density at radius 2 is 2.06 bits per heavy atom. The average molecular weight is 458 g/mol. The highest BCUT2D eigenvalue weighted by Crippen LogP contribution is 2.24. The van der Waals surface area contributed by atoms with E-state index in [-0.39, 0.29) is 12.2 Å². The summed E-state index contributed by atoms with van der Waals surface area (Å²) in [7, 11) is 0. The van der Waals surface area contributed by atoms with Crippen LogP contribution in [0.15, 0.2) is 65.6 Å². The number of rotatable bonds is 13. The molecule has 7 heteroatoms. The molecule has 0 spiro atoms. The molecule has 33 heavy (non-hydrogen) atoms. The molecule has 1 aromatic heterocycles. The summed E-state index contributed by atoms with van der Waals surface area (Å²) in [6, 6.07) is 1.77. The van der Waals surface area contributed by atoms with Gasteiger partial charge in [0.1, 0.15) is 11.5 Å². The lowest BCUT2D eigenvalue weighted by Gasteiger charge is -2.26. The highest BCUT2D eigenvalue weighted by Gasteiger charge is 2.11. The molecular weight excluding hydrogens is 421 g/mol. The Morgan fingerprint density at radius 1 is 1.27 bits per heavy atom. The van der Waals surface area contributed by atoms with Crippen LogP contribution in [0.1, 0.15) is 44.4 Å². The highest BCUT2D eigenvalue weighted by molar-refractivity contribution is 5.85. The van der Waals surface area contributed by atoms with Crippen LogP contribution in [0, 0.1) is 6.92 Å². The van der Waals surface area contributed by atoms with Gasteiger partial charge in [0.05, 0.1) is 31.2 Å². The smallest absolute Gasteiger partial charge is 0.208 e. The van der Waals surface area contributed by atoms with Crippen LogP contribution in [0.5, 0.6) is 5.75 Å². The lowest BCUT2D eigenvalue weighted by molar-refractivity contribution is 0.0343. The van der Waals surface area contributed by atoms with Gasteiger partial charge in [0, 0.05) is 50.6 Å². The second-order valence-electron chi connectivity index (χ2n) is 7.56. The Kier molecular flexibility index (Phi) is 12.1. The van der Waals surface area contributed by atoms with Gasteiger partial charge < -0.3 is 14.2 Å². The van der Waals surface area contributed by atoms with E-state index in [4.69, 9.17) is 14.2 Å². The third-order valence-corrected chi connectivity index (χ3v) is 5.16. The summed E-state index contributed by atoms with van der Waals surface area (Å²) in [5.74, 6) is 1.59. The molecule has 6 nitrogen and oxygen atoms in total. The first-order chi connectivity index (χ1) is 16.1. The fourth-order valence-electron chi connectivity index (χ4n) is 3.24. The van der Waals surface area contributed by atoms with Gasteiger partial charge in [-0.25, -0.2) is 9.38 Å². The molecule has 1 saturated heterocycles. The van der Waals surface area contributed by atoms with E-state index in [1.54, 1.807) is 37.6 Å². The van der Waals surface area contributed by atoms with E-state index >= 15 is 0 Å². The molecule has 1 aromatic rings.